The quantitative estimate of drug-likeness (QED) is 0.613. The summed E-state index contributed by atoms with van der Waals surface area (Å²) in [6.07, 6.45) is 4.40. The summed E-state index contributed by atoms with van der Waals surface area (Å²) in [6, 6.07) is 18.8. The van der Waals surface area contributed by atoms with Crippen LogP contribution in [0.5, 0.6) is 0 Å². The van der Waals surface area contributed by atoms with Gasteiger partial charge in [0.05, 0.1) is 0 Å². The summed E-state index contributed by atoms with van der Waals surface area (Å²) in [5.41, 5.74) is 5.11. The van der Waals surface area contributed by atoms with Gasteiger partial charge in [-0.15, -0.1) is 0 Å². The first-order valence-corrected chi connectivity index (χ1v) is 9.50. The van der Waals surface area contributed by atoms with Crippen LogP contribution in [-0.2, 0) is 6.54 Å². The van der Waals surface area contributed by atoms with E-state index in [0.717, 1.165) is 17.8 Å². The number of aromatic nitrogens is 1. The normalized spacial score (nSPS) is 14.6. The molecule has 0 fully saturated rings. The van der Waals surface area contributed by atoms with Crippen molar-refractivity contribution in [1.29, 1.82) is 10.5 Å². The second kappa shape index (κ2) is 7.58. The Kier molecular flexibility index (Phi) is 4.81. The van der Waals surface area contributed by atoms with Gasteiger partial charge in [-0.1, -0.05) is 30.3 Å². The molecule has 140 valence electrons. The second-order valence-electron chi connectivity index (χ2n) is 6.92. The highest BCUT2D eigenvalue weighted by molar-refractivity contribution is 6.12. The smallest absolute Gasteiger partial charge is 0.177 e. The van der Waals surface area contributed by atoms with Crippen LogP contribution in [-0.4, -0.2) is 16.0 Å². The van der Waals surface area contributed by atoms with Crippen molar-refractivity contribution in [3.63, 3.8) is 0 Å². The molecule has 3 aromatic rings. The lowest BCUT2D eigenvalue weighted by Crippen LogP contribution is -2.00. The van der Waals surface area contributed by atoms with Crippen LogP contribution >= 0.6 is 0 Å². The van der Waals surface area contributed by atoms with Gasteiger partial charge in [0, 0.05) is 46.2 Å². The lowest BCUT2D eigenvalue weighted by molar-refractivity contribution is 0.827. The van der Waals surface area contributed by atoms with E-state index in [0.29, 0.717) is 12.1 Å². The first kappa shape index (κ1) is 18.4. The number of nitrogens with zero attached hydrogens (tertiary/aromatic N) is 5. The number of benzene rings is 2. The fraction of sp³-hybridized carbons (Fsp3) is 0.167. The third-order valence-corrected chi connectivity index (χ3v) is 5.01. The Labute approximate surface area is 169 Å². The highest BCUT2D eigenvalue weighted by atomic mass is 15.0. The number of nitriles is 2. The Morgan fingerprint density at radius 2 is 1.69 bits per heavy atom. The maximum Gasteiger partial charge on any atom is 0.177 e. The minimum Gasteiger partial charge on any atom is -0.341 e. The van der Waals surface area contributed by atoms with E-state index in [1.54, 1.807) is 0 Å². The first-order chi connectivity index (χ1) is 14.1. The average molecular weight is 377 g/mol. The van der Waals surface area contributed by atoms with Crippen molar-refractivity contribution >= 4 is 39.3 Å². The van der Waals surface area contributed by atoms with Gasteiger partial charge in [-0.3, -0.25) is 0 Å². The molecular weight excluding hydrogens is 358 g/mol. The predicted molar refractivity (Wildman–Crippen MR) is 118 cm³/mol. The van der Waals surface area contributed by atoms with Gasteiger partial charge in [0.2, 0.25) is 0 Å². The van der Waals surface area contributed by atoms with Gasteiger partial charge in [-0.25, -0.2) is 9.98 Å². The maximum absolute atomic E-state index is 9.29. The number of allylic oxidation sites excluding steroid dienone is 3. The minimum absolute atomic E-state index is 0.0606. The number of hydrogen-bond donors (Lipinski definition) is 0. The molecule has 0 unspecified atom stereocenters. The minimum atomic E-state index is 0.0606. The Morgan fingerprint density at radius 3 is 2.45 bits per heavy atom. The molecule has 1 aliphatic rings. The Bertz CT molecular complexity index is 1330. The van der Waals surface area contributed by atoms with E-state index in [-0.39, 0.29) is 11.4 Å². The molecular formula is C24H19N5. The van der Waals surface area contributed by atoms with Crippen LogP contribution in [0.25, 0.3) is 27.9 Å². The summed E-state index contributed by atoms with van der Waals surface area (Å²) in [6.45, 7) is 4.91. The highest BCUT2D eigenvalue weighted by Crippen LogP contribution is 2.30. The zero-order valence-electron chi connectivity index (χ0n) is 16.3. The number of rotatable bonds is 3. The fourth-order valence-electron chi connectivity index (χ4n) is 3.74. The van der Waals surface area contributed by atoms with Gasteiger partial charge in [-0.2, -0.15) is 10.5 Å². The van der Waals surface area contributed by atoms with Gasteiger partial charge in [-0.05, 0) is 43.7 Å². The molecule has 1 aromatic heterocycles. The zero-order chi connectivity index (χ0) is 20.4. The molecule has 0 saturated carbocycles. The van der Waals surface area contributed by atoms with Crippen LogP contribution in [0, 0.1) is 22.7 Å². The number of aliphatic imine (C=N–C) groups is 2. The second-order valence-corrected chi connectivity index (χ2v) is 6.92. The number of fused-ring (bicyclic) bond motifs is 3. The van der Waals surface area contributed by atoms with Crippen molar-refractivity contribution in [1.82, 2.24) is 4.57 Å². The highest BCUT2D eigenvalue weighted by Gasteiger charge is 2.12. The molecule has 5 heteroatoms. The summed E-state index contributed by atoms with van der Waals surface area (Å²) >= 11 is 0. The molecule has 2 heterocycles. The number of para-hydroxylation sites is 1. The van der Waals surface area contributed by atoms with E-state index in [9.17, 15) is 10.5 Å². The Morgan fingerprint density at radius 1 is 0.966 bits per heavy atom. The van der Waals surface area contributed by atoms with Crippen LogP contribution in [0.4, 0.5) is 0 Å². The molecule has 0 saturated heterocycles. The van der Waals surface area contributed by atoms with E-state index in [4.69, 9.17) is 0 Å². The van der Waals surface area contributed by atoms with Gasteiger partial charge < -0.3 is 4.57 Å². The first-order valence-electron chi connectivity index (χ1n) is 9.50. The van der Waals surface area contributed by atoms with Gasteiger partial charge in [0.25, 0.3) is 0 Å². The monoisotopic (exact) mass is 377 g/mol. The van der Waals surface area contributed by atoms with E-state index in [1.165, 1.54) is 21.8 Å². The molecule has 4 rings (SSSR count). The van der Waals surface area contributed by atoms with Crippen LogP contribution in [0.3, 0.4) is 0 Å². The van der Waals surface area contributed by atoms with Gasteiger partial charge >= 0.3 is 0 Å². The van der Waals surface area contributed by atoms with Crippen molar-refractivity contribution in [2.75, 3.05) is 0 Å². The summed E-state index contributed by atoms with van der Waals surface area (Å²) < 4.78 is 2.32. The summed E-state index contributed by atoms with van der Waals surface area (Å²) in [5, 5.41) is 20.9. The zero-order valence-corrected chi connectivity index (χ0v) is 16.3. The molecule has 0 aliphatic carbocycles. The maximum atomic E-state index is 9.29. The van der Waals surface area contributed by atoms with E-state index < -0.39 is 0 Å². The molecule has 29 heavy (non-hydrogen) atoms. The Hall–Kier alpha value is -3.96. The molecule has 0 N–H and O–H groups in total. The summed E-state index contributed by atoms with van der Waals surface area (Å²) in [4.78, 5) is 8.55. The van der Waals surface area contributed by atoms with Crippen LogP contribution in [0.15, 0.2) is 69.9 Å². The predicted octanol–water partition coefficient (Wildman–Crippen LogP) is 5.39. The topological polar surface area (TPSA) is 77.2 Å². The summed E-state index contributed by atoms with van der Waals surface area (Å²) in [5.74, 6) is 0. The average Bonchev–Trinajstić information content (AvgIpc) is 2.96. The number of aryl methyl sites for hydroxylation is 1. The molecule has 1 aliphatic heterocycles. The summed E-state index contributed by atoms with van der Waals surface area (Å²) in [7, 11) is 0. The van der Waals surface area contributed by atoms with Crippen LogP contribution in [0.1, 0.15) is 25.8 Å². The molecule has 0 bridgehead atoms. The largest absolute Gasteiger partial charge is 0.341 e. The van der Waals surface area contributed by atoms with E-state index >= 15 is 0 Å². The third-order valence-electron chi connectivity index (χ3n) is 5.01. The SMILES string of the molecule is CCn1c2ccccc2c2cc(/C=C/C3=NC(C#N)=C(C#N)N=C(C)C3)ccc21. The van der Waals surface area contributed by atoms with Crippen molar-refractivity contribution in [3.8, 4) is 12.1 Å². The fourth-order valence-corrected chi connectivity index (χ4v) is 3.74. The van der Waals surface area contributed by atoms with Crippen LogP contribution in [0.2, 0.25) is 0 Å². The lowest BCUT2D eigenvalue weighted by atomic mass is 10.1. The molecule has 5 nitrogen and oxygen atoms in total. The van der Waals surface area contributed by atoms with Gasteiger partial charge in [0.1, 0.15) is 12.1 Å². The van der Waals surface area contributed by atoms with E-state index in [1.807, 2.05) is 31.2 Å². The van der Waals surface area contributed by atoms with E-state index in [2.05, 4.69) is 63.9 Å². The standard InChI is InChI=1S/C24H19N5/c1-3-29-23-7-5-4-6-19(23)20-13-17(9-11-24(20)29)8-10-18-12-16(2)27-21(14-25)22(15-26)28-18/h4-11,13H,3,12H2,1-2H3/b10-8+. The molecule has 2 aromatic carbocycles. The molecule has 0 spiro atoms. The lowest BCUT2D eigenvalue weighted by Gasteiger charge is -2.03. The number of hydrogen-bond acceptors (Lipinski definition) is 4. The van der Waals surface area contributed by atoms with Crippen molar-refractivity contribution < 1.29 is 0 Å². The van der Waals surface area contributed by atoms with Crippen molar-refractivity contribution in [2.24, 2.45) is 9.98 Å². The molecule has 0 amide bonds. The molecule has 0 atom stereocenters. The third kappa shape index (κ3) is 3.35. The Balaban J connectivity index is 1.76. The van der Waals surface area contributed by atoms with Crippen molar-refractivity contribution in [3.05, 3.63) is 65.5 Å². The van der Waals surface area contributed by atoms with Gasteiger partial charge in [0.15, 0.2) is 11.4 Å². The van der Waals surface area contributed by atoms with Crippen molar-refractivity contribution in [2.45, 2.75) is 26.8 Å². The van der Waals surface area contributed by atoms with Crippen LogP contribution < -0.4 is 0 Å². The molecule has 0 radical (unpaired) electrons.